The lowest BCUT2D eigenvalue weighted by Gasteiger charge is -2.42. The Balaban J connectivity index is 1.09. The van der Waals surface area contributed by atoms with Crippen LogP contribution in [0.5, 0.6) is 0 Å². The van der Waals surface area contributed by atoms with E-state index in [2.05, 4.69) is 52.8 Å². The number of rotatable bonds is 80. The lowest BCUT2D eigenvalue weighted by atomic mass is 9.97. The van der Waals surface area contributed by atoms with Crippen LogP contribution in [-0.2, 0) is 127 Å². The van der Waals surface area contributed by atoms with Crippen LogP contribution in [-0.4, -0.2) is 376 Å². The normalized spacial score (nSPS) is 24.4. The van der Waals surface area contributed by atoms with E-state index in [1.54, 1.807) is 0 Å². The van der Waals surface area contributed by atoms with Crippen LogP contribution in [0.3, 0.4) is 0 Å². The van der Waals surface area contributed by atoms with Crippen molar-refractivity contribution in [3.63, 3.8) is 0 Å². The van der Waals surface area contributed by atoms with Gasteiger partial charge in [0, 0.05) is 176 Å². The quantitative estimate of drug-likeness (QED) is 0.0306. The number of ketones is 2. The van der Waals surface area contributed by atoms with Crippen LogP contribution < -0.4 is 59.1 Å². The number of Topliss-reactive ketones (excluding diaryl/α,β-unsaturated/α-hetero) is 2. The van der Waals surface area contributed by atoms with Gasteiger partial charge in [-0.25, -0.2) is 4.79 Å². The van der Waals surface area contributed by atoms with Crippen molar-refractivity contribution in [2.45, 2.75) is 362 Å². The van der Waals surface area contributed by atoms with Gasteiger partial charge in [-0.1, -0.05) is 57.8 Å². The minimum atomic E-state index is -3.60. The molecule has 0 radical (unpaired) electrons. The maximum absolute atomic E-state index is 14.2. The first-order chi connectivity index (χ1) is 69.2. The molecule has 19 N–H and O–H groups in total. The molecule has 0 spiro atoms. The van der Waals surface area contributed by atoms with Gasteiger partial charge in [-0.2, -0.15) is 0 Å². The molecule has 8 unspecified atom stereocenters. The number of unbranched alkanes of at least 4 members (excludes halogenated alkanes) is 15. The van der Waals surface area contributed by atoms with Crippen molar-refractivity contribution in [3.05, 3.63) is 32.6 Å². The Morgan fingerprint density at radius 2 is 0.738 bits per heavy atom. The number of carbonyl (C=O) groups is 11. The highest BCUT2D eigenvalue weighted by Crippen LogP contribution is 2.50. The first kappa shape index (κ1) is 128. The molecule has 834 valence electrons. The molecule has 0 bridgehead atoms. The molecule has 0 aliphatic carbocycles. The Hall–Kier alpha value is -7.21. The minimum Gasteiger partial charge on any atom is -0.394 e. The van der Waals surface area contributed by atoms with Gasteiger partial charge in [0.1, 0.15) is 102 Å². The molecule has 20 atom stereocenters. The molecule has 4 saturated heterocycles. The second-order valence-corrected chi connectivity index (χ2v) is 41.4. The van der Waals surface area contributed by atoms with Crippen molar-refractivity contribution in [1.82, 2.24) is 57.4 Å². The summed E-state index contributed by atoms with van der Waals surface area (Å²) in [4.78, 5) is 167. The fourth-order valence-corrected chi connectivity index (χ4v) is 18.1. The second-order valence-electron chi connectivity index (χ2n) is 37.2. The van der Waals surface area contributed by atoms with Crippen molar-refractivity contribution in [1.29, 1.82) is 0 Å². The van der Waals surface area contributed by atoms with Gasteiger partial charge in [-0.05, 0) is 96.8 Å². The van der Waals surface area contributed by atoms with Crippen molar-refractivity contribution < 1.29 is 173 Å². The van der Waals surface area contributed by atoms with Crippen LogP contribution in [0.15, 0.2) is 15.8 Å². The number of aromatic nitrogens is 2. The topological polar surface area (TPSA) is 696 Å². The summed E-state index contributed by atoms with van der Waals surface area (Å²) in [5.74, 6) is -3.36. The largest absolute Gasteiger partial charge is 0.394 e. The minimum absolute atomic E-state index is 0.0152. The summed E-state index contributed by atoms with van der Waals surface area (Å²) in [5.41, 5.74) is -2.45. The first-order valence-corrected chi connectivity index (χ1v) is 54.8. The van der Waals surface area contributed by atoms with E-state index in [1.807, 2.05) is 0 Å². The molecule has 4 aliphatic rings. The fraction of sp³-hybridized carbons (Fsp3) is 0.840. The number of aliphatic hydroxyl groups is 9. The molecular formula is C94H165N11O38P2. The number of aryl methyl sites for hydroxylation is 1. The van der Waals surface area contributed by atoms with Gasteiger partial charge >= 0.3 is 20.9 Å². The molecule has 1 aromatic rings. The Labute approximate surface area is 847 Å². The first-order valence-electron chi connectivity index (χ1n) is 50.8. The summed E-state index contributed by atoms with van der Waals surface area (Å²) < 4.78 is 108. The summed E-state index contributed by atoms with van der Waals surface area (Å²) >= 11 is 0. The molecule has 0 saturated carbocycles. The molecule has 1 aromatic heterocycles. The van der Waals surface area contributed by atoms with Gasteiger partial charge in [-0.3, -0.25) is 76.2 Å². The van der Waals surface area contributed by atoms with Gasteiger partial charge in [0.15, 0.2) is 18.9 Å². The number of amides is 9. The van der Waals surface area contributed by atoms with E-state index >= 15 is 0 Å². The molecule has 5 rings (SSSR count). The number of aromatic amines is 1. The predicted molar refractivity (Wildman–Crippen MR) is 520 cm³/mol. The maximum atomic E-state index is 14.2. The van der Waals surface area contributed by atoms with Gasteiger partial charge in [0.25, 0.3) is 5.56 Å². The molecule has 9 amide bonds. The monoisotopic (exact) mass is 2120 g/mol. The number of hydrogen-bond donors (Lipinski definition) is 19. The molecule has 4 aliphatic heterocycles. The van der Waals surface area contributed by atoms with E-state index in [4.69, 9.17) is 65.5 Å². The van der Waals surface area contributed by atoms with E-state index in [0.29, 0.717) is 96.3 Å². The average molecular weight is 2120 g/mol. The van der Waals surface area contributed by atoms with Crippen molar-refractivity contribution in [2.75, 3.05) is 146 Å². The number of ether oxygens (including phenoxy) is 10. The summed E-state index contributed by atoms with van der Waals surface area (Å²) in [6.45, 7) is 5.96. The molecule has 145 heavy (non-hydrogen) atoms. The van der Waals surface area contributed by atoms with Crippen molar-refractivity contribution in [3.8, 4) is 0 Å². The van der Waals surface area contributed by atoms with Crippen LogP contribution in [0.25, 0.3) is 0 Å². The number of nitrogens with one attached hydrogen (secondary N) is 10. The van der Waals surface area contributed by atoms with Gasteiger partial charge < -0.3 is 159 Å². The molecule has 0 aromatic carbocycles. The zero-order chi connectivity index (χ0) is 107. The Morgan fingerprint density at radius 1 is 0.407 bits per heavy atom. The standard InChI is InChI=1S/C94H165N11O38P2/c1-62-54-105(93(127)103-89(62)126)79-53-68(143-144(6,128)130-5)72(139-79)58-138-145(7,129)137-49-25-16-12-14-18-32-66(112)31-17-13-10-8-9-11-15-19-37-78(119)104-94(59-131-50-38-75(116)95-41-24-20-33-67(113)34-21-26-46-134-90-80(100-63(2)109)86(123)83(120)69(55-106)140-90,60-132-51-39-76(117)98-44-29-42-96-73(114)35-22-27-47-135-91-81(101-64(3)110)87(124)84(121)70(56-107)141-91)61-133-52-40-77(118)99-45-30-43-97-74(115)36-23-28-48-136-92-82(102-65(4)111)88(125)85(122)71(57-108)142-92/h54,68-72,79-88,90-92,106-108,120-125H,8-53,55-61H2,1-7H3,(H,95,116)(H,96,114)(H,97,115)(H,98,117)(H,99,118)(H,100,109)(H,101,110)(H,102,111)(H,104,119)(H,103,126,127)/t68-,69?,70?,71?,72-,79-,80?,81?,82?,83+,84+,85+,86-,87-,88-,90-,91-,92-,94?,144?,145?/m1/s1. The summed E-state index contributed by atoms with van der Waals surface area (Å²) in [6, 6.07) is -3.32. The highest BCUT2D eigenvalue weighted by Gasteiger charge is 2.49. The number of carbonyl (C=O) groups excluding carboxylic acids is 11. The Kier molecular flexibility index (Phi) is 63.3. The number of hydrogen-bond acceptors (Lipinski definition) is 38. The maximum Gasteiger partial charge on any atom is 0.330 e. The van der Waals surface area contributed by atoms with Gasteiger partial charge in [-0.15, -0.1) is 0 Å². The zero-order valence-corrected chi connectivity index (χ0v) is 86.9. The average Bonchev–Trinajstić information content (AvgIpc) is 1.63. The third kappa shape index (κ3) is 51.9. The van der Waals surface area contributed by atoms with Crippen LogP contribution in [0, 0.1) is 6.92 Å². The highest BCUT2D eigenvalue weighted by atomic mass is 31.2. The third-order valence-corrected chi connectivity index (χ3v) is 27.1. The van der Waals surface area contributed by atoms with E-state index in [9.17, 15) is 117 Å². The van der Waals surface area contributed by atoms with E-state index in [1.165, 1.54) is 58.9 Å². The molecular weight excluding hydrogens is 1950 g/mol. The van der Waals surface area contributed by atoms with Crippen molar-refractivity contribution in [2.24, 2.45) is 0 Å². The Morgan fingerprint density at radius 3 is 1.12 bits per heavy atom. The van der Waals surface area contributed by atoms with Crippen molar-refractivity contribution >= 4 is 79.9 Å². The van der Waals surface area contributed by atoms with Crippen LogP contribution >= 0.6 is 15.2 Å². The molecule has 5 heterocycles. The van der Waals surface area contributed by atoms with E-state index < -0.39 is 180 Å². The van der Waals surface area contributed by atoms with Crippen LogP contribution in [0.4, 0.5) is 0 Å². The summed E-state index contributed by atoms with van der Waals surface area (Å²) in [5, 5.41) is 116. The Bertz CT molecular complexity index is 3980. The van der Waals surface area contributed by atoms with Gasteiger partial charge in [0.2, 0.25) is 53.2 Å². The summed E-state index contributed by atoms with van der Waals surface area (Å²) in [6.07, 6.45) is -1.44. The lowest BCUT2D eigenvalue weighted by Crippen LogP contribution is -2.64. The second kappa shape index (κ2) is 71.5. The SMILES string of the molecule is COP(C)(=O)O[C@@H]1C[C@H](n2cc(C)c(=O)[nH]c2=O)O[C@@H]1COP(C)(=O)OCCCCCCCC(=O)CCCCCCCCCCC(=O)NC(COCCC(=O)NCCCCC(=O)CCCCO[C@@H]1OC(CO)[C@H](O)[C@H](O)C1NC(C)=O)(COCCC(=O)NCCCNC(=O)CCCCO[C@@H]1OC(CO)[C@H](O)[C@H](O)C1NC(C)=O)COCCC(=O)NCCCNC(=O)CCCCO[C@@H]1OC(CO)[C@H](O)[C@H](O)C1NC(C)=O. The fourth-order valence-electron chi connectivity index (χ4n) is 16.3. The predicted octanol–water partition coefficient (Wildman–Crippen LogP) is 0.221. The zero-order valence-electron chi connectivity index (χ0n) is 85.2. The third-order valence-electron chi connectivity index (χ3n) is 24.5. The van der Waals surface area contributed by atoms with Crippen LogP contribution in [0.1, 0.15) is 251 Å². The molecule has 49 nitrogen and oxygen atoms in total. The van der Waals surface area contributed by atoms with E-state index in [0.717, 1.165) is 64.2 Å². The summed E-state index contributed by atoms with van der Waals surface area (Å²) in [7, 11) is -5.91. The molecule has 4 fully saturated rings. The smallest absolute Gasteiger partial charge is 0.330 e. The number of aliphatic hydroxyl groups excluding tert-OH is 9. The van der Waals surface area contributed by atoms with Crippen LogP contribution in [0.2, 0.25) is 0 Å². The molecule has 51 heteroatoms. The number of H-pyrrole nitrogens is 1. The van der Waals surface area contributed by atoms with Gasteiger partial charge in [0.05, 0.1) is 78.8 Å². The lowest BCUT2D eigenvalue weighted by molar-refractivity contribution is -0.270. The highest BCUT2D eigenvalue weighted by molar-refractivity contribution is 7.53. The number of nitrogens with zero attached hydrogens (tertiary/aromatic N) is 1. The van der Waals surface area contributed by atoms with E-state index in [-0.39, 0.29) is 216 Å².